The van der Waals surface area contributed by atoms with Crippen LogP contribution in [0.15, 0.2) is 0 Å². The monoisotopic (exact) mass is 402 g/mol. The molecule has 0 aromatic rings. The Hall–Kier alpha value is -2.73. The first-order valence-corrected chi connectivity index (χ1v) is 8.92. The summed E-state index contributed by atoms with van der Waals surface area (Å²) >= 11 is 0. The molecule has 12 nitrogen and oxygen atoms in total. The normalized spacial score (nSPS) is 13.7. The van der Waals surface area contributed by atoms with Gasteiger partial charge in [0.25, 0.3) is 0 Å². The van der Waals surface area contributed by atoms with E-state index in [1.54, 1.807) is 0 Å². The maximum atomic E-state index is 12.3. The van der Waals surface area contributed by atoms with Crippen LogP contribution in [0.3, 0.4) is 0 Å². The van der Waals surface area contributed by atoms with E-state index in [4.69, 9.17) is 22.3 Å². The first kappa shape index (κ1) is 25.3. The minimum absolute atomic E-state index is 0.0738. The van der Waals surface area contributed by atoms with Gasteiger partial charge < -0.3 is 38.3 Å². The second kappa shape index (κ2) is 13.4. The van der Waals surface area contributed by atoms with Gasteiger partial charge in [-0.1, -0.05) is 6.42 Å². The molecule has 0 heterocycles. The number of amides is 4. The standard InChI is InChI=1S/C16H30N6O6/c1-9(16(27)28)21-13(24)8-20-15(26)11(5-6-12(19)23)22-14(25)10(18)4-2-3-7-17/h9-11H,2-8,17-18H2,1H3,(H2,19,23)(H,20,26)(H,21,24)(H,22,25)(H,27,28). The Morgan fingerprint density at radius 2 is 1.64 bits per heavy atom. The van der Waals surface area contributed by atoms with Crippen molar-refractivity contribution in [3.63, 3.8) is 0 Å². The number of carbonyl (C=O) groups excluding carboxylic acids is 4. The summed E-state index contributed by atoms with van der Waals surface area (Å²) < 4.78 is 0. The Labute approximate surface area is 162 Å². The molecule has 0 fully saturated rings. The number of unbranched alkanes of at least 4 members (excludes halogenated alkanes) is 1. The summed E-state index contributed by atoms with van der Waals surface area (Å²) in [7, 11) is 0. The van der Waals surface area contributed by atoms with Gasteiger partial charge in [0.05, 0.1) is 12.6 Å². The molecular formula is C16H30N6O6. The number of hydrogen-bond donors (Lipinski definition) is 7. The number of primary amides is 1. The van der Waals surface area contributed by atoms with Crippen LogP contribution in [0.4, 0.5) is 0 Å². The largest absolute Gasteiger partial charge is 0.480 e. The third-order valence-electron chi connectivity index (χ3n) is 3.79. The van der Waals surface area contributed by atoms with Crippen LogP contribution < -0.4 is 33.2 Å². The molecule has 3 atom stereocenters. The molecule has 3 unspecified atom stereocenters. The van der Waals surface area contributed by atoms with E-state index in [1.165, 1.54) is 6.92 Å². The lowest BCUT2D eigenvalue weighted by molar-refractivity contribution is -0.141. The lowest BCUT2D eigenvalue weighted by Crippen LogP contribution is -2.53. The van der Waals surface area contributed by atoms with E-state index in [-0.39, 0.29) is 12.8 Å². The lowest BCUT2D eigenvalue weighted by Gasteiger charge is -2.20. The fraction of sp³-hybridized carbons (Fsp3) is 0.688. The van der Waals surface area contributed by atoms with Gasteiger partial charge in [0.15, 0.2) is 0 Å². The van der Waals surface area contributed by atoms with E-state index in [0.717, 1.165) is 0 Å². The predicted molar refractivity (Wildman–Crippen MR) is 99.5 cm³/mol. The van der Waals surface area contributed by atoms with Crippen LogP contribution in [0.25, 0.3) is 0 Å². The van der Waals surface area contributed by atoms with Crippen LogP contribution in [0.1, 0.15) is 39.0 Å². The molecule has 0 aliphatic heterocycles. The molecule has 0 saturated carbocycles. The first-order valence-electron chi connectivity index (χ1n) is 8.92. The SMILES string of the molecule is CC(NC(=O)CNC(=O)C(CCC(N)=O)NC(=O)C(N)CCCCN)C(=O)O. The molecule has 0 aliphatic rings. The van der Waals surface area contributed by atoms with Gasteiger partial charge in [0.2, 0.25) is 23.6 Å². The summed E-state index contributed by atoms with van der Waals surface area (Å²) in [6.07, 6.45) is 1.49. The van der Waals surface area contributed by atoms with Crippen LogP contribution >= 0.6 is 0 Å². The molecule has 0 spiro atoms. The molecule has 12 heteroatoms. The number of hydrogen-bond acceptors (Lipinski definition) is 7. The Balaban J connectivity index is 4.73. The van der Waals surface area contributed by atoms with Gasteiger partial charge in [-0.3, -0.25) is 24.0 Å². The number of carboxylic acids is 1. The summed E-state index contributed by atoms with van der Waals surface area (Å²) in [4.78, 5) is 57.8. The average Bonchev–Trinajstić information content (AvgIpc) is 2.62. The summed E-state index contributed by atoms with van der Waals surface area (Å²) in [5.74, 6) is -3.91. The van der Waals surface area contributed by atoms with E-state index >= 15 is 0 Å². The molecule has 0 aromatic heterocycles. The van der Waals surface area contributed by atoms with Gasteiger partial charge >= 0.3 is 5.97 Å². The fourth-order valence-electron chi connectivity index (χ4n) is 2.12. The highest BCUT2D eigenvalue weighted by Crippen LogP contribution is 2.02. The van der Waals surface area contributed by atoms with Crippen molar-refractivity contribution < 1.29 is 29.1 Å². The molecule has 0 aliphatic carbocycles. The summed E-state index contributed by atoms with van der Waals surface area (Å²) in [5.41, 5.74) is 16.2. The molecule has 0 saturated heterocycles. The smallest absolute Gasteiger partial charge is 0.325 e. The van der Waals surface area contributed by atoms with Crippen molar-refractivity contribution in [1.29, 1.82) is 0 Å². The van der Waals surface area contributed by atoms with Gasteiger partial charge in [0, 0.05) is 6.42 Å². The quantitative estimate of drug-likeness (QED) is 0.147. The summed E-state index contributed by atoms with van der Waals surface area (Å²) in [6.45, 7) is 1.24. The zero-order valence-corrected chi connectivity index (χ0v) is 15.9. The number of carboxylic acid groups (broad SMARTS) is 1. The van der Waals surface area contributed by atoms with Gasteiger partial charge in [-0.05, 0) is 32.7 Å². The molecule has 0 bridgehead atoms. The van der Waals surface area contributed by atoms with E-state index in [0.29, 0.717) is 25.8 Å². The number of nitrogens with two attached hydrogens (primary N) is 3. The Morgan fingerprint density at radius 1 is 1.00 bits per heavy atom. The average molecular weight is 402 g/mol. The van der Waals surface area contributed by atoms with Crippen molar-refractivity contribution in [2.45, 2.75) is 57.2 Å². The number of nitrogens with one attached hydrogen (secondary N) is 3. The molecular weight excluding hydrogens is 372 g/mol. The van der Waals surface area contributed by atoms with E-state index in [2.05, 4.69) is 16.0 Å². The van der Waals surface area contributed by atoms with Crippen molar-refractivity contribution in [3.8, 4) is 0 Å². The lowest BCUT2D eigenvalue weighted by atomic mass is 10.1. The first-order chi connectivity index (χ1) is 13.1. The molecule has 160 valence electrons. The molecule has 0 aromatic carbocycles. The highest BCUT2D eigenvalue weighted by Gasteiger charge is 2.24. The molecule has 4 amide bonds. The maximum Gasteiger partial charge on any atom is 0.325 e. The van der Waals surface area contributed by atoms with E-state index in [1.807, 2.05) is 0 Å². The number of carbonyl (C=O) groups is 5. The minimum atomic E-state index is -1.23. The third-order valence-corrected chi connectivity index (χ3v) is 3.79. The molecule has 28 heavy (non-hydrogen) atoms. The van der Waals surface area contributed by atoms with E-state index < -0.39 is 54.3 Å². The van der Waals surface area contributed by atoms with Gasteiger partial charge in [0.1, 0.15) is 12.1 Å². The second-order valence-electron chi connectivity index (χ2n) is 6.30. The number of aliphatic carboxylic acids is 1. The van der Waals surface area contributed by atoms with Crippen molar-refractivity contribution in [2.24, 2.45) is 17.2 Å². The van der Waals surface area contributed by atoms with Crippen LogP contribution in [0, 0.1) is 0 Å². The molecule has 0 rings (SSSR count). The van der Waals surface area contributed by atoms with Gasteiger partial charge in [-0.15, -0.1) is 0 Å². The Morgan fingerprint density at radius 3 is 2.18 bits per heavy atom. The van der Waals surface area contributed by atoms with Crippen molar-refractivity contribution in [1.82, 2.24) is 16.0 Å². The van der Waals surface area contributed by atoms with Crippen molar-refractivity contribution in [3.05, 3.63) is 0 Å². The van der Waals surface area contributed by atoms with Crippen LogP contribution in [-0.4, -0.2) is 65.9 Å². The third kappa shape index (κ3) is 11.1. The zero-order valence-electron chi connectivity index (χ0n) is 15.9. The van der Waals surface area contributed by atoms with Gasteiger partial charge in [-0.25, -0.2) is 0 Å². The van der Waals surface area contributed by atoms with E-state index in [9.17, 15) is 24.0 Å². The summed E-state index contributed by atoms with van der Waals surface area (Å²) in [5, 5.41) is 15.6. The van der Waals surface area contributed by atoms with Gasteiger partial charge in [-0.2, -0.15) is 0 Å². The molecule has 10 N–H and O–H groups in total. The van der Waals surface area contributed by atoms with Crippen molar-refractivity contribution >= 4 is 29.6 Å². The highest BCUT2D eigenvalue weighted by atomic mass is 16.4. The maximum absolute atomic E-state index is 12.3. The summed E-state index contributed by atoms with van der Waals surface area (Å²) in [6, 6.07) is -3.10. The highest BCUT2D eigenvalue weighted by molar-refractivity contribution is 5.92. The van der Waals surface area contributed by atoms with Crippen LogP contribution in [0.2, 0.25) is 0 Å². The fourth-order valence-corrected chi connectivity index (χ4v) is 2.12. The van der Waals surface area contributed by atoms with Crippen LogP contribution in [0.5, 0.6) is 0 Å². The predicted octanol–water partition coefficient (Wildman–Crippen LogP) is -3.10. The van der Waals surface area contributed by atoms with Crippen molar-refractivity contribution in [2.75, 3.05) is 13.1 Å². The minimum Gasteiger partial charge on any atom is -0.480 e. The second-order valence-corrected chi connectivity index (χ2v) is 6.30. The van der Waals surface area contributed by atoms with Crippen LogP contribution in [-0.2, 0) is 24.0 Å². The molecule has 0 radical (unpaired) electrons. The zero-order chi connectivity index (χ0) is 21.7. The Bertz CT molecular complexity index is 570. The topological polar surface area (TPSA) is 220 Å². The Kier molecular flexibility index (Phi) is 12.1. The number of rotatable bonds is 14.